The maximum atomic E-state index is 5.83. The molecule has 4 heteroatoms. The Labute approximate surface area is 125 Å². The van der Waals surface area contributed by atoms with E-state index in [2.05, 4.69) is 31.3 Å². The zero-order valence-corrected chi connectivity index (χ0v) is 13.1. The van der Waals surface area contributed by atoms with Crippen LogP contribution in [0.1, 0.15) is 44.7 Å². The number of hydrogen-bond donors (Lipinski definition) is 1. The van der Waals surface area contributed by atoms with Gasteiger partial charge in [-0.2, -0.15) is 0 Å². The van der Waals surface area contributed by atoms with Gasteiger partial charge in [-0.3, -0.25) is 0 Å². The second-order valence-corrected chi connectivity index (χ2v) is 6.65. The van der Waals surface area contributed by atoms with Crippen LogP contribution in [0.3, 0.4) is 0 Å². The Morgan fingerprint density at radius 1 is 1.20 bits per heavy atom. The van der Waals surface area contributed by atoms with E-state index in [0.29, 0.717) is 11.3 Å². The molecule has 0 saturated carbocycles. The third-order valence-electron chi connectivity index (χ3n) is 3.86. The Morgan fingerprint density at radius 3 is 2.65 bits per heavy atom. The summed E-state index contributed by atoms with van der Waals surface area (Å²) in [5.74, 6) is 1.84. The van der Waals surface area contributed by atoms with E-state index >= 15 is 0 Å². The van der Waals surface area contributed by atoms with Crippen LogP contribution in [0.15, 0.2) is 17.0 Å². The number of nitrogens with one attached hydrogen (secondary N) is 1. The second-order valence-electron chi connectivity index (χ2n) is 5.37. The highest BCUT2D eigenvalue weighted by atomic mass is 32.2. The molecule has 2 atom stereocenters. The summed E-state index contributed by atoms with van der Waals surface area (Å²) in [6.07, 6.45) is 3.42. The highest BCUT2D eigenvalue weighted by Gasteiger charge is 2.33. The number of rotatable bonds is 4. The number of hydrogen-bond acceptors (Lipinski definition) is 4. The molecule has 0 aliphatic carbocycles. The summed E-state index contributed by atoms with van der Waals surface area (Å²) < 4.78 is 11.6. The topological polar surface area (TPSA) is 30.5 Å². The van der Waals surface area contributed by atoms with E-state index in [1.54, 1.807) is 0 Å². The minimum absolute atomic E-state index is 0.442. The predicted molar refractivity (Wildman–Crippen MR) is 83.0 cm³/mol. The summed E-state index contributed by atoms with van der Waals surface area (Å²) in [7, 11) is 0. The van der Waals surface area contributed by atoms with Crippen LogP contribution in [-0.2, 0) is 0 Å². The molecule has 0 radical (unpaired) electrons. The standard InChI is InChI=1S/C16H23NO2S/c1-3-6-14-16(17-4-2)11-9-12-13(10-15(11)20-14)19-8-5-7-18-12/h9-10,14,16-17H,3-8H2,1-2H3. The molecular formula is C16H23NO2S. The molecule has 3 nitrogen and oxygen atoms in total. The first kappa shape index (κ1) is 14.1. The predicted octanol–water partition coefficient (Wildman–Crippen LogP) is 3.77. The molecule has 0 aromatic heterocycles. The molecule has 2 aliphatic rings. The van der Waals surface area contributed by atoms with Crippen molar-refractivity contribution in [3.05, 3.63) is 17.7 Å². The van der Waals surface area contributed by atoms with Crippen LogP contribution < -0.4 is 14.8 Å². The molecule has 2 unspecified atom stereocenters. The number of fused-ring (bicyclic) bond motifs is 2. The van der Waals surface area contributed by atoms with Crippen molar-refractivity contribution < 1.29 is 9.47 Å². The molecular weight excluding hydrogens is 270 g/mol. The van der Waals surface area contributed by atoms with E-state index in [9.17, 15) is 0 Å². The minimum Gasteiger partial charge on any atom is -0.490 e. The van der Waals surface area contributed by atoms with Gasteiger partial charge in [0.2, 0.25) is 0 Å². The lowest BCUT2D eigenvalue weighted by Gasteiger charge is -2.20. The highest BCUT2D eigenvalue weighted by Crippen LogP contribution is 2.50. The Balaban J connectivity index is 1.93. The number of thioether (sulfide) groups is 1. The fourth-order valence-corrected chi connectivity index (χ4v) is 4.51. The smallest absolute Gasteiger partial charge is 0.162 e. The summed E-state index contributed by atoms with van der Waals surface area (Å²) in [6.45, 7) is 6.94. The summed E-state index contributed by atoms with van der Waals surface area (Å²) in [5, 5.41) is 4.27. The molecule has 0 amide bonds. The SMILES string of the molecule is CCCC1Sc2cc3c(cc2C1NCC)OCCCO3. The van der Waals surface area contributed by atoms with Gasteiger partial charge in [-0.1, -0.05) is 20.3 Å². The van der Waals surface area contributed by atoms with E-state index in [1.165, 1.54) is 23.3 Å². The first-order chi connectivity index (χ1) is 9.83. The van der Waals surface area contributed by atoms with Crippen molar-refractivity contribution >= 4 is 11.8 Å². The van der Waals surface area contributed by atoms with Gasteiger partial charge in [0.05, 0.1) is 13.2 Å². The molecule has 1 N–H and O–H groups in total. The van der Waals surface area contributed by atoms with Crippen molar-refractivity contribution in [1.82, 2.24) is 5.32 Å². The molecule has 0 fully saturated rings. The van der Waals surface area contributed by atoms with E-state index in [-0.39, 0.29) is 0 Å². The molecule has 0 spiro atoms. The second kappa shape index (κ2) is 6.27. The maximum absolute atomic E-state index is 5.83. The van der Waals surface area contributed by atoms with E-state index < -0.39 is 0 Å². The summed E-state index contributed by atoms with van der Waals surface area (Å²) in [6, 6.07) is 4.82. The molecule has 20 heavy (non-hydrogen) atoms. The molecule has 0 saturated heterocycles. The van der Waals surface area contributed by atoms with Gasteiger partial charge in [-0.15, -0.1) is 11.8 Å². The van der Waals surface area contributed by atoms with E-state index in [0.717, 1.165) is 37.7 Å². The van der Waals surface area contributed by atoms with Gasteiger partial charge in [0.15, 0.2) is 11.5 Å². The average molecular weight is 293 g/mol. The van der Waals surface area contributed by atoms with Gasteiger partial charge in [-0.05, 0) is 30.7 Å². The van der Waals surface area contributed by atoms with Gasteiger partial charge >= 0.3 is 0 Å². The zero-order valence-electron chi connectivity index (χ0n) is 12.3. The van der Waals surface area contributed by atoms with E-state index in [1.807, 2.05) is 11.8 Å². The van der Waals surface area contributed by atoms with Crippen molar-refractivity contribution in [2.24, 2.45) is 0 Å². The molecule has 0 bridgehead atoms. The molecule has 110 valence electrons. The fraction of sp³-hybridized carbons (Fsp3) is 0.625. The average Bonchev–Trinajstić information content (AvgIpc) is 2.62. The Bertz CT molecular complexity index is 478. The minimum atomic E-state index is 0.442. The van der Waals surface area contributed by atoms with E-state index in [4.69, 9.17) is 9.47 Å². The van der Waals surface area contributed by atoms with Gasteiger partial charge in [0.25, 0.3) is 0 Å². The first-order valence-corrected chi connectivity index (χ1v) is 8.55. The first-order valence-electron chi connectivity index (χ1n) is 7.67. The lowest BCUT2D eigenvalue weighted by atomic mass is 10.0. The van der Waals surface area contributed by atoms with Crippen LogP contribution in [0.2, 0.25) is 0 Å². The van der Waals surface area contributed by atoms with Gasteiger partial charge in [0, 0.05) is 22.6 Å². The largest absolute Gasteiger partial charge is 0.490 e. The van der Waals surface area contributed by atoms with Crippen LogP contribution in [0.4, 0.5) is 0 Å². The van der Waals surface area contributed by atoms with Gasteiger partial charge < -0.3 is 14.8 Å². The summed E-state index contributed by atoms with van der Waals surface area (Å²) >= 11 is 1.99. The Kier molecular flexibility index (Phi) is 4.41. The van der Waals surface area contributed by atoms with Crippen LogP contribution in [0.5, 0.6) is 11.5 Å². The van der Waals surface area contributed by atoms with Crippen molar-refractivity contribution in [3.63, 3.8) is 0 Å². The maximum Gasteiger partial charge on any atom is 0.162 e. The van der Waals surface area contributed by atoms with Crippen LogP contribution in [0, 0.1) is 0 Å². The monoisotopic (exact) mass is 293 g/mol. The summed E-state index contributed by atoms with van der Waals surface area (Å²) in [4.78, 5) is 1.36. The van der Waals surface area contributed by atoms with Crippen LogP contribution >= 0.6 is 11.8 Å². The van der Waals surface area contributed by atoms with Crippen LogP contribution in [0.25, 0.3) is 0 Å². The number of ether oxygens (including phenoxy) is 2. The van der Waals surface area contributed by atoms with Crippen molar-refractivity contribution in [2.75, 3.05) is 19.8 Å². The lowest BCUT2D eigenvalue weighted by molar-refractivity contribution is 0.296. The highest BCUT2D eigenvalue weighted by molar-refractivity contribution is 8.00. The Morgan fingerprint density at radius 2 is 1.95 bits per heavy atom. The molecule has 2 heterocycles. The van der Waals surface area contributed by atoms with Crippen molar-refractivity contribution in [1.29, 1.82) is 0 Å². The molecule has 1 aromatic carbocycles. The number of benzene rings is 1. The molecule has 2 aliphatic heterocycles. The van der Waals surface area contributed by atoms with Crippen LogP contribution in [-0.4, -0.2) is 25.0 Å². The van der Waals surface area contributed by atoms with Gasteiger partial charge in [0.1, 0.15) is 0 Å². The van der Waals surface area contributed by atoms with Crippen molar-refractivity contribution in [3.8, 4) is 11.5 Å². The quantitative estimate of drug-likeness (QED) is 0.915. The summed E-state index contributed by atoms with van der Waals surface area (Å²) in [5.41, 5.74) is 1.39. The van der Waals surface area contributed by atoms with Gasteiger partial charge in [-0.25, -0.2) is 0 Å². The molecule has 3 rings (SSSR count). The third kappa shape index (κ3) is 2.63. The molecule has 1 aromatic rings. The lowest BCUT2D eigenvalue weighted by Crippen LogP contribution is -2.26. The fourth-order valence-electron chi connectivity index (χ4n) is 2.95. The zero-order chi connectivity index (χ0) is 13.9. The Hall–Kier alpha value is -0.870. The third-order valence-corrected chi connectivity index (χ3v) is 5.28. The normalized spacial score (nSPS) is 24.3. The van der Waals surface area contributed by atoms with Crippen molar-refractivity contribution in [2.45, 2.75) is 49.3 Å².